The summed E-state index contributed by atoms with van der Waals surface area (Å²) < 4.78 is 37.8. The third-order valence-corrected chi connectivity index (χ3v) is 6.15. The van der Waals surface area contributed by atoms with Crippen LogP contribution in [-0.4, -0.2) is 25.6 Å². The molecule has 0 aliphatic rings. The van der Waals surface area contributed by atoms with E-state index < -0.39 is 11.9 Å². The minimum absolute atomic E-state index is 0.0242. The van der Waals surface area contributed by atoms with E-state index in [0.717, 1.165) is 10.9 Å². The summed E-state index contributed by atoms with van der Waals surface area (Å²) in [7, 11) is 1.58. The fourth-order valence-electron chi connectivity index (χ4n) is 4.34. The first-order valence-electron chi connectivity index (χ1n) is 12.4. The lowest BCUT2D eigenvalue weighted by molar-refractivity contribution is -0.142. The van der Waals surface area contributed by atoms with Crippen molar-refractivity contribution in [1.29, 1.82) is 0 Å². The Labute approximate surface area is 220 Å². The number of rotatable bonds is 11. The number of esters is 1. The molecule has 1 aromatic heterocycles. The molecule has 4 aromatic rings. The molecule has 0 radical (unpaired) electrons. The maximum absolute atomic E-state index is 15.4. The number of hydrogen-bond acceptors (Lipinski definition) is 6. The van der Waals surface area contributed by atoms with Gasteiger partial charge in [0.25, 0.3) is 0 Å². The molecule has 8 heteroatoms. The van der Waals surface area contributed by atoms with E-state index >= 15 is 4.39 Å². The predicted molar refractivity (Wildman–Crippen MR) is 141 cm³/mol. The summed E-state index contributed by atoms with van der Waals surface area (Å²) in [6, 6.07) is 15.6. The van der Waals surface area contributed by atoms with E-state index in [9.17, 15) is 9.59 Å². The summed E-state index contributed by atoms with van der Waals surface area (Å²) in [5.74, 6) is -0.382. The molecule has 3 aromatic carbocycles. The molecule has 0 spiro atoms. The number of hydrogen-bond donors (Lipinski definition) is 1. The van der Waals surface area contributed by atoms with Crippen molar-refractivity contribution >= 4 is 22.8 Å². The summed E-state index contributed by atoms with van der Waals surface area (Å²) >= 11 is 0. The van der Waals surface area contributed by atoms with Crippen LogP contribution in [0.4, 0.5) is 4.39 Å². The molecule has 0 aliphatic heterocycles. The molecule has 0 atom stereocenters. The van der Waals surface area contributed by atoms with Crippen molar-refractivity contribution in [3.63, 3.8) is 0 Å². The topological polar surface area (TPSA) is 101 Å². The quantitative estimate of drug-likeness (QED) is 0.254. The van der Waals surface area contributed by atoms with Crippen LogP contribution >= 0.6 is 0 Å². The Morgan fingerprint density at radius 1 is 0.974 bits per heavy atom. The van der Waals surface area contributed by atoms with Crippen molar-refractivity contribution in [2.24, 2.45) is 5.73 Å². The number of furan rings is 1. The van der Waals surface area contributed by atoms with Crippen molar-refractivity contribution in [2.45, 2.75) is 39.9 Å². The molecule has 198 valence electrons. The molecule has 2 N–H and O–H groups in total. The van der Waals surface area contributed by atoms with Crippen LogP contribution in [0.15, 0.2) is 59.0 Å². The highest BCUT2D eigenvalue weighted by atomic mass is 19.1. The lowest BCUT2D eigenvalue weighted by Crippen LogP contribution is -2.13. The van der Waals surface area contributed by atoms with Gasteiger partial charge in [0.2, 0.25) is 5.91 Å². The maximum Gasteiger partial charge on any atom is 0.310 e. The van der Waals surface area contributed by atoms with Crippen LogP contribution in [0.2, 0.25) is 0 Å². The van der Waals surface area contributed by atoms with Gasteiger partial charge >= 0.3 is 5.97 Å². The van der Waals surface area contributed by atoms with Crippen molar-refractivity contribution < 1.29 is 32.6 Å². The monoisotopic (exact) mass is 519 g/mol. The number of primary amides is 1. The molecule has 1 heterocycles. The number of halogens is 1. The van der Waals surface area contributed by atoms with Gasteiger partial charge in [-0.2, -0.15) is 0 Å². The molecular weight excluding hydrogens is 489 g/mol. The molecule has 0 saturated carbocycles. The second-order valence-electron chi connectivity index (χ2n) is 8.80. The number of fused-ring (bicyclic) bond motifs is 1. The van der Waals surface area contributed by atoms with E-state index in [1.807, 2.05) is 31.2 Å². The molecule has 0 saturated heterocycles. The number of ether oxygens (including phenoxy) is 3. The predicted octanol–water partition coefficient (Wildman–Crippen LogP) is 5.73. The molecule has 38 heavy (non-hydrogen) atoms. The zero-order valence-electron chi connectivity index (χ0n) is 21.6. The molecule has 0 aliphatic carbocycles. The summed E-state index contributed by atoms with van der Waals surface area (Å²) in [6.45, 7) is 4.24. The molecule has 4 rings (SSSR count). The first-order chi connectivity index (χ1) is 18.3. The number of benzene rings is 3. The number of methoxy groups -OCH3 is 1. The van der Waals surface area contributed by atoms with E-state index in [4.69, 9.17) is 24.4 Å². The number of carbonyl (C=O) groups excluding carboxylic acids is 2. The highest BCUT2D eigenvalue weighted by molar-refractivity contribution is 5.94. The Morgan fingerprint density at radius 3 is 2.50 bits per heavy atom. The molecular formula is C30H30FNO6. The Morgan fingerprint density at radius 2 is 1.79 bits per heavy atom. The summed E-state index contributed by atoms with van der Waals surface area (Å²) in [4.78, 5) is 23.9. The highest BCUT2D eigenvalue weighted by Gasteiger charge is 2.18. The third-order valence-electron chi connectivity index (χ3n) is 6.15. The van der Waals surface area contributed by atoms with Crippen LogP contribution in [0.1, 0.15) is 46.7 Å². The van der Waals surface area contributed by atoms with Gasteiger partial charge in [-0.05, 0) is 54.8 Å². The van der Waals surface area contributed by atoms with E-state index in [1.54, 1.807) is 38.3 Å². The summed E-state index contributed by atoms with van der Waals surface area (Å²) in [5, 5.41) is 0.770. The minimum atomic E-state index is -0.614. The lowest BCUT2D eigenvalue weighted by atomic mass is 9.97. The highest BCUT2D eigenvalue weighted by Crippen LogP contribution is 2.36. The smallest absolute Gasteiger partial charge is 0.310 e. The molecule has 7 nitrogen and oxygen atoms in total. The van der Waals surface area contributed by atoms with Gasteiger partial charge in [0.15, 0.2) is 0 Å². The minimum Gasteiger partial charge on any atom is -0.489 e. The molecule has 0 fully saturated rings. The summed E-state index contributed by atoms with van der Waals surface area (Å²) in [5.41, 5.74) is 9.18. The Hall–Kier alpha value is -4.17. The van der Waals surface area contributed by atoms with Crippen molar-refractivity contribution in [2.75, 3.05) is 13.7 Å². The normalized spacial score (nSPS) is 11.1. The van der Waals surface area contributed by atoms with E-state index in [0.29, 0.717) is 45.8 Å². The Balaban J connectivity index is 1.74. The largest absolute Gasteiger partial charge is 0.489 e. The molecule has 0 unspecified atom stereocenters. The van der Waals surface area contributed by atoms with Crippen LogP contribution in [0.3, 0.4) is 0 Å². The second-order valence-corrected chi connectivity index (χ2v) is 8.80. The van der Waals surface area contributed by atoms with Gasteiger partial charge in [0.05, 0.1) is 13.0 Å². The van der Waals surface area contributed by atoms with Gasteiger partial charge in [-0.3, -0.25) is 9.59 Å². The van der Waals surface area contributed by atoms with Crippen LogP contribution in [0, 0.1) is 5.82 Å². The Bertz CT molecular complexity index is 1480. The van der Waals surface area contributed by atoms with Crippen LogP contribution in [-0.2, 0) is 40.3 Å². The van der Waals surface area contributed by atoms with E-state index in [-0.39, 0.29) is 37.6 Å². The van der Waals surface area contributed by atoms with Gasteiger partial charge in [-0.15, -0.1) is 0 Å². The van der Waals surface area contributed by atoms with Gasteiger partial charge in [0.1, 0.15) is 36.1 Å². The third kappa shape index (κ3) is 5.86. The molecule has 1 amide bonds. The van der Waals surface area contributed by atoms with Crippen LogP contribution in [0.25, 0.3) is 22.1 Å². The number of nitrogens with two attached hydrogens (primary N) is 1. The van der Waals surface area contributed by atoms with Crippen molar-refractivity contribution in [3.8, 4) is 16.9 Å². The number of amides is 1. The van der Waals surface area contributed by atoms with Gasteiger partial charge in [0, 0.05) is 34.7 Å². The number of carbonyl (C=O) groups is 2. The van der Waals surface area contributed by atoms with Gasteiger partial charge in [-0.1, -0.05) is 31.2 Å². The first-order valence-corrected chi connectivity index (χ1v) is 12.4. The van der Waals surface area contributed by atoms with Crippen molar-refractivity contribution in [3.05, 3.63) is 88.4 Å². The lowest BCUT2D eigenvalue weighted by Gasteiger charge is -2.14. The standard InChI is InChI=1S/C30H30FNO6/c1-4-19-7-6-8-24(28(19)31)25-12-18(11-22-13-23(17-35-3)38-29(22)25)16-37-26-14-21(30(32)34)10-9-20(26)15-27(33)36-5-2/h6-14H,4-5,15-17H2,1-3H3,(H2,32,34). The zero-order chi connectivity index (χ0) is 27.2. The average Bonchev–Trinajstić information content (AvgIpc) is 3.30. The molecule has 0 bridgehead atoms. The van der Waals surface area contributed by atoms with Crippen LogP contribution in [0.5, 0.6) is 5.75 Å². The van der Waals surface area contributed by atoms with E-state index in [1.165, 1.54) is 6.07 Å². The van der Waals surface area contributed by atoms with Gasteiger partial charge < -0.3 is 24.4 Å². The zero-order valence-corrected chi connectivity index (χ0v) is 21.6. The Kier molecular flexibility index (Phi) is 8.43. The first kappa shape index (κ1) is 26.9. The fraction of sp³-hybridized carbons (Fsp3) is 0.267. The average molecular weight is 520 g/mol. The second kappa shape index (κ2) is 11.9. The van der Waals surface area contributed by atoms with Gasteiger partial charge in [-0.25, -0.2) is 4.39 Å². The number of aryl methyl sites for hydroxylation is 1. The van der Waals surface area contributed by atoms with Crippen molar-refractivity contribution in [1.82, 2.24) is 0 Å². The maximum atomic E-state index is 15.4. The fourth-order valence-corrected chi connectivity index (χ4v) is 4.34. The SMILES string of the molecule is CCOC(=O)Cc1ccc(C(N)=O)cc1OCc1cc(-c2cccc(CC)c2F)c2oc(COC)cc2c1. The van der Waals surface area contributed by atoms with E-state index in [2.05, 4.69) is 0 Å². The summed E-state index contributed by atoms with van der Waals surface area (Å²) in [6.07, 6.45) is 0.530. The van der Waals surface area contributed by atoms with Crippen LogP contribution < -0.4 is 10.5 Å².